The van der Waals surface area contributed by atoms with E-state index in [1.165, 1.54) is 22.5 Å². The summed E-state index contributed by atoms with van der Waals surface area (Å²) in [6, 6.07) is 11.9. The van der Waals surface area contributed by atoms with Gasteiger partial charge in [0, 0.05) is 18.7 Å². The molecule has 0 aliphatic carbocycles. The first-order valence-corrected chi connectivity index (χ1v) is 11.3. The number of quaternary nitrogens is 1. The van der Waals surface area contributed by atoms with Crippen molar-refractivity contribution in [1.29, 1.82) is 0 Å². The van der Waals surface area contributed by atoms with Gasteiger partial charge in [-0.2, -0.15) is 4.31 Å². The molecule has 0 bridgehead atoms. The number of carbonyl (C=O) groups excluding carboxylic acids is 1. The molecule has 162 valence electrons. The number of hydrogen-bond acceptors (Lipinski definition) is 5. The number of rotatable bonds is 8. The van der Waals surface area contributed by atoms with Crippen molar-refractivity contribution in [2.45, 2.75) is 11.4 Å². The number of anilines is 1. The summed E-state index contributed by atoms with van der Waals surface area (Å²) in [6.07, 6.45) is 0. The highest BCUT2D eigenvalue weighted by Gasteiger charge is 2.27. The predicted molar refractivity (Wildman–Crippen MR) is 113 cm³/mol. The van der Waals surface area contributed by atoms with E-state index < -0.39 is 10.0 Å². The van der Waals surface area contributed by atoms with Gasteiger partial charge in [0.25, 0.3) is 5.91 Å². The van der Waals surface area contributed by atoms with Crippen LogP contribution in [-0.2, 0) is 26.1 Å². The van der Waals surface area contributed by atoms with Crippen LogP contribution < -0.4 is 15.4 Å². The number of morpholine rings is 1. The molecule has 0 aromatic heterocycles. The SMILES string of the molecule is COc1ccccc1C[NH2+]CC(=O)Nc1cc(S(=O)(=O)N2CCOCC2)ccc1Cl. The lowest BCUT2D eigenvalue weighted by molar-refractivity contribution is -0.659. The average Bonchev–Trinajstić information content (AvgIpc) is 2.76. The number of sulfonamides is 1. The summed E-state index contributed by atoms with van der Waals surface area (Å²) in [5.41, 5.74) is 1.24. The highest BCUT2D eigenvalue weighted by atomic mass is 35.5. The van der Waals surface area contributed by atoms with Gasteiger partial charge in [-0.3, -0.25) is 4.79 Å². The number of hydrogen-bond donors (Lipinski definition) is 2. The number of halogens is 1. The van der Waals surface area contributed by atoms with Crippen molar-refractivity contribution in [3.63, 3.8) is 0 Å². The molecular formula is C20H25ClN3O5S+. The van der Waals surface area contributed by atoms with Crippen molar-refractivity contribution in [3.05, 3.63) is 53.1 Å². The summed E-state index contributed by atoms with van der Waals surface area (Å²) in [4.78, 5) is 12.4. The number of nitrogens with two attached hydrogens (primary N) is 1. The summed E-state index contributed by atoms with van der Waals surface area (Å²) < 4.78 is 37.5. The number of amides is 1. The molecule has 1 amide bonds. The Balaban J connectivity index is 1.63. The van der Waals surface area contributed by atoms with Crippen LogP contribution in [0.25, 0.3) is 0 Å². The Morgan fingerprint density at radius 1 is 1.23 bits per heavy atom. The third kappa shape index (κ3) is 5.50. The van der Waals surface area contributed by atoms with Gasteiger partial charge in [-0.1, -0.05) is 23.7 Å². The van der Waals surface area contributed by atoms with E-state index in [4.69, 9.17) is 21.1 Å². The Bertz CT molecular complexity index is 994. The Labute approximate surface area is 181 Å². The number of methoxy groups -OCH3 is 1. The molecule has 0 atom stereocenters. The zero-order valence-electron chi connectivity index (χ0n) is 16.6. The van der Waals surface area contributed by atoms with Crippen molar-refractivity contribution in [2.24, 2.45) is 0 Å². The van der Waals surface area contributed by atoms with Crippen LogP contribution in [0.1, 0.15) is 5.56 Å². The van der Waals surface area contributed by atoms with Crippen molar-refractivity contribution in [2.75, 3.05) is 45.3 Å². The van der Waals surface area contributed by atoms with Gasteiger partial charge in [0.2, 0.25) is 10.0 Å². The molecule has 1 fully saturated rings. The van der Waals surface area contributed by atoms with Crippen LogP contribution in [0.5, 0.6) is 5.75 Å². The molecule has 2 aromatic carbocycles. The van der Waals surface area contributed by atoms with Gasteiger partial charge in [0.15, 0.2) is 6.54 Å². The van der Waals surface area contributed by atoms with Crippen molar-refractivity contribution in [3.8, 4) is 5.75 Å². The fourth-order valence-electron chi connectivity index (χ4n) is 3.13. The van der Waals surface area contributed by atoms with Gasteiger partial charge in [0.05, 0.1) is 35.9 Å². The topological polar surface area (TPSA) is 102 Å². The summed E-state index contributed by atoms with van der Waals surface area (Å²) >= 11 is 6.18. The first-order chi connectivity index (χ1) is 14.4. The van der Waals surface area contributed by atoms with Gasteiger partial charge in [0.1, 0.15) is 12.3 Å². The molecule has 0 spiro atoms. The summed E-state index contributed by atoms with van der Waals surface area (Å²) in [7, 11) is -2.07. The van der Waals surface area contributed by atoms with Crippen LogP contribution in [0.4, 0.5) is 5.69 Å². The van der Waals surface area contributed by atoms with Gasteiger partial charge < -0.3 is 20.1 Å². The number of benzene rings is 2. The summed E-state index contributed by atoms with van der Waals surface area (Å²) in [5, 5.41) is 4.80. The quantitative estimate of drug-likeness (QED) is 0.621. The van der Waals surface area contributed by atoms with E-state index in [1.54, 1.807) is 7.11 Å². The van der Waals surface area contributed by atoms with Gasteiger partial charge >= 0.3 is 0 Å². The molecule has 10 heteroatoms. The minimum absolute atomic E-state index is 0.0853. The fourth-order valence-corrected chi connectivity index (χ4v) is 4.73. The number of ether oxygens (including phenoxy) is 2. The van der Waals surface area contributed by atoms with Crippen LogP contribution in [0.3, 0.4) is 0 Å². The van der Waals surface area contributed by atoms with Crippen molar-refractivity contribution in [1.82, 2.24) is 4.31 Å². The second-order valence-corrected chi connectivity index (χ2v) is 9.06. The van der Waals surface area contributed by atoms with Gasteiger partial charge in [-0.15, -0.1) is 0 Å². The average molecular weight is 455 g/mol. The van der Waals surface area contributed by atoms with Crippen LogP contribution in [0.2, 0.25) is 5.02 Å². The minimum Gasteiger partial charge on any atom is -0.496 e. The molecule has 1 aliphatic heterocycles. The molecule has 8 nitrogen and oxygen atoms in total. The van der Waals surface area contributed by atoms with E-state index in [0.717, 1.165) is 11.3 Å². The van der Waals surface area contributed by atoms with E-state index in [2.05, 4.69) is 5.32 Å². The lowest BCUT2D eigenvalue weighted by Crippen LogP contribution is -2.84. The van der Waals surface area contributed by atoms with Crippen LogP contribution in [0, 0.1) is 0 Å². The van der Waals surface area contributed by atoms with Crippen LogP contribution in [0.15, 0.2) is 47.4 Å². The van der Waals surface area contributed by atoms with Crippen molar-refractivity contribution < 1.29 is 28.0 Å². The Kier molecular flexibility index (Phi) is 7.68. The van der Waals surface area contributed by atoms with E-state index in [9.17, 15) is 13.2 Å². The summed E-state index contributed by atoms with van der Waals surface area (Å²) in [5.74, 6) is 0.478. The maximum atomic E-state index is 12.8. The fraction of sp³-hybridized carbons (Fsp3) is 0.350. The monoisotopic (exact) mass is 454 g/mol. The molecule has 0 unspecified atom stereocenters. The number of carbonyl (C=O) groups is 1. The van der Waals surface area contributed by atoms with Crippen LogP contribution in [-0.4, -0.2) is 58.6 Å². The number of nitrogens with one attached hydrogen (secondary N) is 1. The Morgan fingerprint density at radius 3 is 2.70 bits per heavy atom. The number of para-hydroxylation sites is 1. The van der Waals surface area contributed by atoms with Crippen LogP contribution >= 0.6 is 11.6 Å². The molecule has 1 aliphatic rings. The van der Waals surface area contributed by atoms with Gasteiger partial charge in [-0.25, -0.2) is 8.42 Å². The summed E-state index contributed by atoms with van der Waals surface area (Å²) in [6.45, 7) is 2.03. The van der Waals surface area contributed by atoms with Crippen molar-refractivity contribution >= 4 is 33.2 Å². The molecular weight excluding hydrogens is 430 g/mol. The van der Waals surface area contributed by atoms with E-state index in [1.807, 2.05) is 29.6 Å². The molecule has 1 saturated heterocycles. The zero-order valence-corrected chi connectivity index (χ0v) is 18.2. The third-order valence-electron chi connectivity index (χ3n) is 4.71. The first-order valence-electron chi connectivity index (χ1n) is 9.52. The smallest absolute Gasteiger partial charge is 0.279 e. The Morgan fingerprint density at radius 2 is 1.97 bits per heavy atom. The maximum Gasteiger partial charge on any atom is 0.279 e. The lowest BCUT2D eigenvalue weighted by atomic mass is 10.2. The normalized spacial score (nSPS) is 15.0. The standard InChI is InChI=1S/C20H24ClN3O5S/c1-28-19-5-3-2-4-15(19)13-22-14-20(25)23-18-12-16(6-7-17(18)21)30(26,27)24-8-10-29-11-9-24/h2-7,12,22H,8-11,13-14H2,1H3,(H,23,25)/p+1. The highest BCUT2D eigenvalue weighted by molar-refractivity contribution is 7.89. The molecule has 0 saturated carbocycles. The maximum absolute atomic E-state index is 12.8. The molecule has 3 N–H and O–H groups in total. The lowest BCUT2D eigenvalue weighted by Gasteiger charge is -2.26. The van der Waals surface area contributed by atoms with Gasteiger partial charge in [-0.05, 0) is 30.3 Å². The minimum atomic E-state index is -3.68. The van der Waals surface area contributed by atoms with E-state index in [0.29, 0.717) is 32.8 Å². The molecule has 3 rings (SSSR count). The zero-order chi connectivity index (χ0) is 21.6. The first kappa shape index (κ1) is 22.5. The predicted octanol–water partition coefficient (Wildman–Crippen LogP) is 1.07. The Hall–Kier alpha value is -2.17. The molecule has 1 heterocycles. The molecule has 2 aromatic rings. The molecule has 30 heavy (non-hydrogen) atoms. The number of nitrogens with zero attached hydrogens (tertiary/aromatic N) is 1. The van der Waals surface area contributed by atoms with E-state index >= 15 is 0 Å². The second kappa shape index (κ2) is 10.2. The highest BCUT2D eigenvalue weighted by Crippen LogP contribution is 2.27. The van der Waals surface area contributed by atoms with E-state index in [-0.39, 0.29) is 28.1 Å². The largest absolute Gasteiger partial charge is 0.496 e. The molecule has 0 radical (unpaired) electrons. The third-order valence-corrected chi connectivity index (χ3v) is 6.93. The second-order valence-electron chi connectivity index (χ2n) is 6.72.